The Hall–Kier alpha value is 0.350. The van der Waals surface area contributed by atoms with E-state index in [9.17, 15) is 0 Å². The fourth-order valence-corrected chi connectivity index (χ4v) is 1.49. The molecule has 0 aliphatic rings. The van der Waals surface area contributed by atoms with E-state index in [1.165, 1.54) is 0 Å². The lowest BCUT2D eigenvalue weighted by atomic mass is 10.5. The molecule has 0 spiro atoms. The fraction of sp³-hybridized carbons (Fsp3) is 0.857. The van der Waals surface area contributed by atoms with E-state index in [0.717, 1.165) is 0 Å². The third kappa shape index (κ3) is 6.47. The van der Waals surface area contributed by atoms with E-state index >= 15 is 0 Å². The Kier molecular flexibility index (Phi) is 5.24. The van der Waals surface area contributed by atoms with Gasteiger partial charge in [-0.15, -0.1) is 0 Å². The molecule has 2 nitrogen and oxygen atoms in total. The molecule has 0 saturated carbocycles. The standard InChI is InChI=1S/C7H16O2P/c1-6(2)8-10(5)9-7(3)4/h6-7H,5H2,1-4H3. The largest absolute Gasteiger partial charge is 0.331 e. The van der Waals surface area contributed by atoms with Crippen LogP contribution < -0.4 is 0 Å². The van der Waals surface area contributed by atoms with E-state index < -0.39 is 8.38 Å². The Labute approximate surface area is 64.8 Å². The minimum Gasteiger partial charge on any atom is -0.331 e. The normalized spacial score (nSPS) is 12.0. The van der Waals surface area contributed by atoms with E-state index in [1.807, 2.05) is 27.7 Å². The van der Waals surface area contributed by atoms with Crippen LogP contribution in [0, 0.1) is 6.66 Å². The van der Waals surface area contributed by atoms with Crippen molar-refractivity contribution in [3.63, 3.8) is 0 Å². The van der Waals surface area contributed by atoms with Crippen LogP contribution in [0.5, 0.6) is 0 Å². The van der Waals surface area contributed by atoms with Crippen molar-refractivity contribution in [2.24, 2.45) is 0 Å². The molecule has 0 aromatic rings. The van der Waals surface area contributed by atoms with Crippen molar-refractivity contribution < 1.29 is 9.05 Å². The topological polar surface area (TPSA) is 18.5 Å². The highest BCUT2D eigenvalue weighted by molar-refractivity contribution is 7.48. The van der Waals surface area contributed by atoms with Gasteiger partial charge in [0, 0.05) is 6.66 Å². The van der Waals surface area contributed by atoms with E-state index in [4.69, 9.17) is 9.05 Å². The molecule has 3 heteroatoms. The van der Waals surface area contributed by atoms with E-state index in [-0.39, 0.29) is 12.2 Å². The van der Waals surface area contributed by atoms with Gasteiger partial charge in [-0.1, -0.05) is 0 Å². The average molecular weight is 163 g/mol. The first-order chi connectivity index (χ1) is 4.52. The van der Waals surface area contributed by atoms with E-state index in [1.54, 1.807) is 0 Å². The Bertz CT molecular complexity index is 73.7. The van der Waals surface area contributed by atoms with Crippen molar-refractivity contribution in [3.05, 3.63) is 6.66 Å². The number of rotatable bonds is 4. The molecule has 0 heterocycles. The molecule has 0 aliphatic carbocycles. The summed E-state index contributed by atoms with van der Waals surface area (Å²) >= 11 is 0. The lowest BCUT2D eigenvalue weighted by Crippen LogP contribution is -2.02. The van der Waals surface area contributed by atoms with Gasteiger partial charge in [-0.25, -0.2) is 0 Å². The second kappa shape index (κ2) is 5.06. The van der Waals surface area contributed by atoms with Gasteiger partial charge >= 0.3 is 0 Å². The smallest absolute Gasteiger partial charge is 0.171 e. The average Bonchev–Trinajstić information content (AvgIpc) is 1.58. The van der Waals surface area contributed by atoms with Gasteiger partial charge < -0.3 is 9.05 Å². The van der Waals surface area contributed by atoms with Gasteiger partial charge in [-0.3, -0.25) is 0 Å². The van der Waals surface area contributed by atoms with Crippen LogP contribution in [-0.2, 0) is 9.05 Å². The minimum absolute atomic E-state index is 0.211. The van der Waals surface area contributed by atoms with Crippen LogP contribution in [0.25, 0.3) is 0 Å². The molecule has 0 aromatic carbocycles. The lowest BCUT2D eigenvalue weighted by Gasteiger charge is -2.17. The Morgan fingerprint density at radius 3 is 1.50 bits per heavy atom. The van der Waals surface area contributed by atoms with Crippen molar-refractivity contribution in [1.29, 1.82) is 0 Å². The molecule has 0 rings (SSSR count). The molecule has 0 unspecified atom stereocenters. The maximum absolute atomic E-state index is 5.29. The first-order valence-electron chi connectivity index (χ1n) is 3.46. The van der Waals surface area contributed by atoms with Crippen LogP contribution >= 0.6 is 8.38 Å². The van der Waals surface area contributed by atoms with Crippen LogP contribution in [0.15, 0.2) is 0 Å². The molecule has 10 heavy (non-hydrogen) atoms. The predicted molar refractivity (Wildman–Crippen MR) is 44.7 cm³/mol. The summed E-state index contributed by atoms with van der Waals surface area (Å²) in [5.74, 6) is 0. The second-order valence-corrected chi connectivity index (χ2v) is 3.73. The van der Waals surface area contributed by atoms with Crippen LogP contribution in [0.3, 0.4) is 0 Å². The summed E-state index contributed by atoms with van der Waals surface area (Å²) in [4.78, 5) is 0. The zero-order valence-electron chi connectivity index (χ0n) is 7.13. The van der Waals surface area contributed by atoms with Crippen molar-refractivity contribution in [1.82, 2.24) is 0 Å². The molecule has 1 radical (unpaired) electrons. The molecule has 0 atom stereocenters. The summed E-state index contributed by atoms with van der Waals surface area (Å²) in [7, 11) is -0.909. The minimum atomic E-state index is -0.909. The highest BCUT2D eigenvalue weighted by atomic mass is 31.2. The number of hydrogen-bond donors (Lipinski definition) is 0. The van der Waals surface area contributed by atoms with Crippen LogP contribution in [0.2, 0.25) is 0 Å². The highest BCUT2D eigenvalue weighted by Gasteiger charge is 2.06. The van der Waals surface area contributed by atoms with Gasteiger partial charge in [0.15, 0.2) is 8.38 Å². The predicted octanol–water partition coefficient (Wildman–Crippen LogP) is 2.94. The van der Waals surface area contributed by atoms with Gasteiger partial charge in [0.25, 0.3) is 0 Å². The Morgan fingerprint density at radius 2 is 1.30 bits per heavy atom. The molecule has 0 saturated heterocycles. The molecule has 0 bridgehead atoms. The monoisotopic (exact) mass is 163 g/mol. The van der Waals surface area contributed by atoms with Crippen LogP contribution in [0.4, 0.5) is 0 Å². The molecule has 61 valence electrons. The van der Waals surface area contributed by atoms with E-state index in [0.29, 0.717) is 0 Å². The van der Waals surface area contributed by atoms with Gasteiger partial charge in [0.05, 0.1) is 12.2 Å². The summed E-state index contributed by atoms with van der Waals surface area (Å²) < 4.78 is 10.6. The summed E-state index contributed by atoms with van der Waals surface area (Å²) in [5.41, 5.74) is 0. The Balaban J connectivity index is 3.34. The lowest BCUT2D eigenvalue weighted by molar-refractivity contribution is 0.182. The first kappa shape index (κ1) is 10.3. The molecule has 0 amide bonds. The SMILES string of the molecule is [CH2]P(OC(C)C)OC(C)C. The zero-order valence-corrected chi connectivity index (χ0v) is 8.02. The molecule has 0 aliphatic heterocycles. The second-order valence-electron chi connectivity index (χ2n) is 2.64. The van der Waals surface area contributed by atoms with Gasteiger partial charge in [0.2, 0.25) is 0 Å². The van der Waals surface area contributed by atoms with Crippen molar-refractivity contribution in [2.75, 3.05) is 0 Å². The summed E-state index contributed by atoms with van der Waals surface area (Å²) in [6.07, 6.45) is 0.421. The first-order valence-corrected chi connectivity index (χ1v) is 4.82. The fourth-order valence-electron chi connectivity index (χ4n) is 0.495. The highest BCUT2D eigenvalue weighted by Crippen LogP contribution is 2.38. The molecular weight excluding hydrogens is 147 g/mol. The third-order valence-corrected chi connectivity index (χ3v) is 1.97. The van der Waals surface area contributed by atoms with Crippen molar-refractivity contribution >= 4 is 8.38 Å². The molecule has 0 aromatic heterocycles. The van der Waals surface area contributed by atoms with Crippen LogP contribution in [-0.4, -0.2) is 12.2 Å². The maximum atomic E-state index is 5.29. The van der Waals surface area contributed by atoms with Gasteiger partial charge in [-0.05, 0) is 27.7 Å². The summed E-state index contributed by atoms with van der Waals surface area (Å²) in [6, 6.07) is 0. The van der Waals surface area contributed by atoms with E-state index in [2.05, 4.69) is 6.66 Å². The quantitative estimate of drug-likeness (QED) is 0.593. The summed E-state index contributed by atoms with van der Waals surface area (Å²) in [5, 5.41) is 0. The van der Waals surface area contributed by atoms with Crippen molar-refractivity contribution in [2.45, 2.75) is 39.9 Å². The van der Waals surface area contributed by atoms with Crippen molar-refractivity contribution in [3.8, 4) is 0 Å². The van der Waals surface area contributed by atoms with Gasteiger partial charge in [0.1, 0.15) is 0 Å². The zero-order chi connectivity index (χ0) is 8.15. The van der Waals surface area contributed by atoms with Crippen LogP contribution in [0.1, 0.15) is 27.7 Å². The summed E-state index contributed by atoms with van der Waals surface area (Å²) in [6.45, 7) is 11.6. The Morgan fingerprint density at radius 1 is 1.00 bits per heavy atom. The maximum Gasteiger partial charge on any atom is 0.171 e. The molecule has 0 N–H and O–H groups in total. The molecular formula is C7H16O2P. The molecule has 0 fully saturated rings. The van der Waals surface area contributed by atoms with Gasteiger partial charge in [-0.2, -0.15) is 0 Å². The third-order valence-electron chi connectivity index (χ3n) is 0.657. The number of hydrogen-bond acceptors (Lipinski definition) is 2.